The predicted molar refractivity (Wildman–Crippen MR) is 73.6 cm³/mol. The van der Waals surface area contributed by atoms with E-state index < -0.39 is 0 Å². The van der Waals surface area contributed by atoms with Crippen molar-refractivity contribution in [1.29, 1.82) is 0 Å². The van der Waals surface area contributed by atoms with Crippen molar-refractivity contribution in [2.45, 2.75) is 38.0 Å². The fourth-order valence-electron chi connectivity index (χ4n) is 2.12. The molecule has 0 saturated heterocycles. The summed E-state index contributed by atoms with van der Waals surface area (Å²) in [5.74, 6) is 0.771. The van der Waals surface area contributed by atoms with E-state index in [-0.39, 0.29) is 0 Å². The standard InChI is InChI=1S/C14H18N2S/c15-8-2-1-3-10-4-7-13-12(9-10)16-14(17-13)11-5-6-11/h4,7,9,11H,1-3,5-6,8,15H2. The largest absolute Gasteiger partial charge is 0.330 e. The molecule has 3 rings (SSSR count). The zero-order chi connectivity index (χ0) is 11.7. The lowest BCUT2D eigenvalue weighted by Gasteiger charge is -1.99. The van der Waals surface area contributed by atoms with Crippen molar-refractivity contribution in [3.05, 3.63) is 28.8 Å². The van der Waals surface area contributed by atoms with Crippen molar-refractivity contribution in [1.82, 2.24) is 4.98 Å². The van der Waals surface area contributed by atoms with Crippen molar-refractivity contribution in [2.24, 2.45) is 5.73 Å². The first-order chi connectivity index (χ1) is 8.36. The number of benzene rings is 1. The number of unbranched alkanes of at least 4 members (excludes halogenated alkanes) is 1. The third-order valence-electron chi connectivity index (χ3n) is 3.31. The van der Waals surface area contributed by atoms with Gasteiger partial charge in [-0.3, -0.25) is 0 Å². The summed E-state index contributed by atoms with van der Waals surface area (Å²) in [7, 11) is 0. The molecular formula is C14H18N2S. The molecule has 3 heteroatoms. The Morgan fingerprint density at radius 3 is 2.94 bits per heavy atom. The van der Waals surface area contributed by atoms with Gasteiger partial charge in [0.2, 0.25) is 0 Å². The summed E-state index contributed by atoms with van der Waals surface area (Å²) < 4.78 is 1.34. The van der Waals surface area contributed by atoms with E-state index in [1.54, 1.807) is 0 Å². The highest BCUT2D eigenvalue weighted by Gasteiger charge is 2.26. The van der Waals surface area contributed by atoms with Crippen molar-refractivity contribution < 1.29 is 0 Å². The molecule has 1 aliphatic rings. The van der Waals surface area contributed by atoms with E-state index in [1.165, 1.54) is 40.1 Å². The van der Waals surface area contributed by atoms with Crippen LogP contribution in [-0.2, 0) is 6.42 Å². The van der Waals surface area contributed by atoms with Crippen LogP contribution in [0.3, 0.4) is 0 Å². The summed E-state index contributed by atoms with van der Waals surface area (Å²) in [5, 5.41) is 1.35. The molecule has 0 spiro atoms. The summed E-state index contributed by atoms with van der Waals surface area (Å²) in [6.45, 7) is 0.796. The average molecular weight is 246 g/mol. The smallest absolute Gasteiger partial charge is 0.0969 e. The second-order valence-electron chi connectivity index (χ2n) is 4.87. The van der Waals surface area contributed by atoms with Crippen molar-refractivity contribution in [3.63, 3.8) is 0 Å². The Balaban J connectivity index is 1.79. The Labute approximate surface area is 106 Å². The van der Waals surface area contributed by atoms with Crippen molar-refractivity contribution in [3.8, 4) is 0 Å². The molecule has 0 radical (unpaired) electrons. The van der Waals surface area contributed by atoms with E-state index in [1.807, 2.05) is 11.3 Å². The molecule has 90 valence electrons. The lowest BCUT2D eigenvalue weighted by Crippen LogP contribution is -1.98. The maximum atomic E-state index is 5.52. The van der Waals surface area contributed by atoms with E-state index in [2.05, 4.69) is 18.2 Å². The lowest BCUT2D eigenvalue weighted by atomic mass is 10.1. The van der Waals surface area contributed by atoms with Crippen molar-refractivity contribution >= 4 is 21.6 Å². The van der Waals surface area contributed by atoms with E-state index >= 15 is 0 Å². The number of nitrogens with zero attached hydrogens (tertiary/aromatic N) is 1. The summed E-state index contributed by atoms with van der Waals surface area (Å²) in [4.78, 5) is 4.76. The normalized spacial score (nSPS) is 15.6. The van der Waals surface area contributed by atoms with Gasteiger partial charge < -0.3 is 5.73 Å². The highest BCUT2D eigenvalue weighted by atomic mass is 32.1. The molecule has 2 aromatic rings. The summed E-state index contributed by atoms with van der Waals surface area (Å²) >= 11 is 1.87. The number of hydrogen-bond donors (Lipinski definition) is 1. The molecule has 2 N–H and O–H groups in total. The number of fused-ring (bicyclic) bond motifs is 1. The minimum absolute atomic E-state index is 0.771. The van der Waals surface area contributed by atoms with Gasteiger partial charge in [-0.15, -0.1) is 11.3 Å². The quantitative estimate of drug-likeness (QED) is 0.821. The fraction of sp³-hybridized carbons (Fsp3) is 0.500. The summed E-state index contributed by atoms with van der Waals surface area (Å²) in [5.41, 5.74) is 8.11. The van der Waals surface area contributed by atoms with Crippen LogP contribution < -0.4 is 5.73 Å². The lowest BCUT2D eigenvalue weighted by molar-refractivity contribution is 0.745. The van der Waals surface area contributed by atoms with Gasteiger partial charge in [0.05, 0.1) is 15.2 Å². The van der Waals surface area contributed by atoms with Gasteiger partial charge in [-0.1, -0.05) is 6.07 Å². The molecule has 0 unspecified atom stereocenters. The molecule has 0 bridgehead atoms. The Kier molecular flexibility index (Phi) is 3.12. The van der Waals surface area contributed by atoms with E-state index in [9.17, 15) is 0 Å². The number of nitrogens with two attached hydrogens (primary N) is 1. The molecule has 1 aliphatic carbocycles. The van der Waals surface area contributed by atoms with Crippen LogP contribution in [-0.4, -0.2) is 11.5 Å². The first kappa shape index (κ1) is 11.2. The molecule has 1 fully saturated rings. The number of thiazole rings is 1. The van der Waals surface area contributed by atoms with E-state index in [0.717, 1.165) is 25.3 Å². The maximum absolute atomic E-state index is 5.52. The minimum atomic E-state index is 0.771. The SMILES string of the molecule is NCCCCc1ccc2sc(C3CC3)nc2c1. The first-order valence-corrected chi connectivity index (χ1v) is 7.28. The molecule has 2 nitrogen and oxygen atoms in total. The Morgan fingerprint density at radius 1 is 1.29 bits per heavy atom. The van der Waals surface area contributed by atoms with Crippen LogP contribution >= 0.6 is 11.3 Å². The molecule has 0 atom stereocenters. The highest BCUT2D eigenvalue weighted by Crippen LogP contribution is 2.43. The van der Waals surface area contributed by atoms with Crippen LogP contribution in [0, 0.1) is 0 Å². The molecule has 1 aromatic heterocycles. The van der Waals surface area contributed by atoms with Crippen LogP contribution in [0.15, 0.2) is 18.2 Å². The van der Waals surface area contributed by atoms with E-state index in [0.29, 0.717) is 0 Å². The number of rotatable bonds is 5. The molecule has 1 aromatic carbocycles. The van der Waals surface area contributed by atoms with Gasteiger partial charge in [-0.2, -0.15) is 0 Å². The number of aryl methyl sites for hydroxylation is 1. The van der Waals surface area contributed by atoms with Crippen LogP contribution in [0.5, 0.6) is 0 Å². The van der Waals surface area contributed by atoms with Gasteiger partial charge in [-0.05, 0) is 56.3 Å². The number of hydrogen-bond acceptors (Lipinski definition) is 3. The van der Waals surface area contributed by atoms with Gasteiger partial charge in [0, 0.05) is 5.92 Å². The topological polar surface area (TPSA) is 38.9 Å². The van der Waals surface area contributed by atoms with Crippen LogP contribution in [0.2, 0.25) is 0 Å². The Morgan fingerprint density at radius 2 is 2.18 bits per heavy atom. The van der Waals surface area contributed by atoms with Gasteiger partial charge in [-0.25, -0.2) is 4.98 Å². The van der Waals surface area contributed by atoms with Gasteiger partial charge in [0.1, 0.15) is 0 Å². The van der Waals surface area contributed by atoms with Crippen LogP contribution in [0.1, 0.15) is 42.2 Å². The second-order valence-corrected chi connectivity index (χ2v) is 5.94. The average Bonchev–Trinajstić information content (AvgIpc) is 3.10. The molecule has 17 heavy (non-hydrogen) atoms. The molecule has 1 saturated carbocycles. The molecular weight excluding hydrogens is 228 g/mol. The summed E-state index contributed by atoms with van der Waals surface area (Å²) in [6, 6.07) is 6.73. The summed E-state index contributed by atoms with van der Waals surface area (Å²) in [6.07, 6.45) is 6.10. The third kappa shape index (κ3) is 2.50. The maximum Gasteiger partial charge on any atom is 0.0969 e. The zero-order valence-electron chi connectivity index (χ0n) is 9.98. The second kappa shape index (κ2) is 4.75. The van der Waals surface area contributed by atoms with Gasteiger partial charge in [0.25, 0.3) is 0 Å². The molecule has 0 amide bonds. The van der Waals surface area contributed by atoms with Crippen LogP contribution in [0.4, 0.5) is 0 Å². The zero-order valence-corrected chi connectivity index (χ0v) is 10.8. The number of aromatic nitrogens is 1. The Bertz CT molecular complexity index is 514. The van der Waals surface area contributed by atoms with E-state index in [4.69, 9.17) is 10.7 Å². The van der Waals surface area contributed by atoms with Crippen LogP contribution in [0.25, 0.3) is 10.2 Å². The van der Waals surface area contributed by atoms with Gasteiger partial charge >= 0.3 is 0 Å². The third-order valence-corrected chi connectivity index (χ3v) is 4.51. The monoisotopic (exact) mass is 246 g/mol. The molecule has 0 aliphatic heterocycles. The Hall–Kier alpha value is -0.930. The molecule has 1 heterocycles. The van der Waals surface area contributed by atoms with Crippen molar-refractivity contribution in [2.75, 3.05) is 6.54 Å². The first-order valence-electron chi connectivity index (χ1n) is 6.46. The van der Waals surface area contributed by atoms with Gasteiger partial charge in [0.15, 0.2) is 0 Å². The minimum Gasteiger partial charge on any atom is -0.330 e. The predicted octanol–water partition coefficient (Wildman–Crippen LogP) is 3.46. The fourth-order valence-corrected chi connectivity index (χ4v) is 3.24. The highest BCUT2D eigenvalue weighted by molar-refractivity contribution is 7.18.